The summed E-state index contributed by atoms with van der Waals surface area (Å²) < 4.78 is 7.06. The smallest absolute Gasteiger partial charge is 0.307 e. The van der Waals surface area contributed by atoms with Crippen LogP contribution in [-0.4, -0.2) is 39.2 Å². The van der Waals surface area contributed by atoms with Crippen molar-refractivity contribution in [2.24, 2.45) is 0 Å². The van der Waals surface area contributed by atoms with Crippen LogP contribution in [0.15, 0.2) is 85.2 Å². The zero-order valence-electron chi connectivity index (χ0n) is 18.2. The van der Waals surface area contributed by atoms with Crippen LogP contribution in [-0.2, 0) is 9.53 Å². The number of ether oxygens (including phenoxy) is 1. The molecule has 6 nitrogen and oxygen atoms in total. The van der Waals surface area contributed by atoms with Gasteiger partial charge < -0.3 is 19.5 Å². The fraction of sp³-hybridized carbons (Fsp3) is 0.192. The molecule has 0 saturated carbocycles. The number of benzene rings is 2. The highest BCUT2D eigenvalue weighted by Gasteiger charge is 2.41. The Bertz CT molecular complexity index is 1300. The van der Waals surface area contributed by atoms with Crippen LogP contribution in [0.1, 0.15) is 29.9 Å². The predicted octanol–water partition coefficient (Wildman–Crippen LogP) is 4.56. The first kappa shape index (κ1) is 21.2. The SMILES string of the molecule is COC(=O)CCN1C(=S)N[C@@H](c2ccccn2)[C@@H]1c1cccn1-c1ccc2ccccc2c1. The second-order valence-corrected chi connectivity index (χ2v) is 8.37. The fourth-order valence-electron chi connectivity index (χ4n) is 4.48. The maximum atomic E-state index is 11.9. The number of carbonyl (C=O) groups is 1. The number of thiocarbonyl (C=S) groups is 1. The highest BCUT2D eigenvalue weighted by atomic mass is 32.1. The molecule has 0 spiro atoms. The van der Waals surface area contributed by atoms with Crippen molar-refractivity contribution in [3.05, 3.63) is 96.6 Å². The number of hydrogen-bond acceptors (Lipinski definition) is 4. The summed E-state index contributed by atoms with van der Waals surface area (Å²) in [6, 6.07) is 24.5. The van der Waals surface area contributed by atoms with Gasteiger partial charge >= 0.3 is 5.97 Å². The zero-order chi connectivity index (χ0) is 22.8. The number of fused-ring (bicyclic) bond motifs is 1. The number of rotatable bonds is 6. The molecule has 1 fully saturated rings. The van der Waals surface area contributed by atoms with E-state index in [1.54, 1.807) is 6.20 Å². The van der Waals surface area contributed by atoms with Gasteiger partial charge in [-0.1, -0.05) is 36.4 Å². The number of carbonyl (C=O) groups excluding carboxylic acids is 1. The van der Waals surface area contributed by atoms with Gasteiger partial charge in [-0.3, -0.25) is 9.78 Å². The number of methoxy groups -OCH3 is 1. The molecule has 2 atom stereocenters. The summed E-state index contributed by atoms with van der Waals surface area (Å²) in [7, 11) is 1.40. The third kappa shape index (κ3) is 4.07. The minimum Gasteiger partial charge on any atom is -0.469 e. The van der Waals surface area contributed by atoms with Gasteiger partial charge in [0.25, 0.3) is 0 Å². The van der Waals surface area contributed by atoms with Gasteiger partial charge in [0.15, 0.2) is 5.11 Å². The number of esters is 1. The van der Waals surface area contributed by atoms with Crippen LogP contribution in [0.4, 0.5) is 0 Å². The van der Waals surface area contributed by atoms with Crippen LogP contribution in [0.2, 0.25) is 0 Å². The molecule has 1 N–H and O–H groups in total. The molecule has 4 aromatic rings. The van der Waals surface area contributed by atoms with E-state index in [2.05, 4.69) is 62.4 Å². The average Bonchev–Trinajstić information content (AvgIpc) is 3.47. The van der Waals surface area contributed by atoms with E-state index in [0.29, 0.717) is 11.7 Å². The molecule has 166 valence electrons. The Labute approximate surface area is 197 Å². The molecule has 0 amide bonds. The monoisotopic (exact) mass is 456 g/mol. The summed E-state index contributed by atoms with van der Waals surface area (Å²) in [5, 5.41) is 6.42. The Morgan fingerprint density at radius 1 is 1.06 bits per heavy atom. The van der Waals surface area contributed by atoms with Gasteiger partial charge in [0.05, 0.1) is 31.3 Å². The average molecular weight is 457 g/mol. The van der Waals surface area contributed by atoms with E-state index < -0.39 is 0 Å². The Morgan fingerprint density at radius 3 is 2.67 bits per heavy atom. The van der Waals surface area contributed by atoms with Gasteiger partial charge in [0, 0.05) is 30.3 Å². The predicted molar refractivity (Wildman–Crippen MR) is 132 cm³/mol. The van der Waals surface area contributed by atoms with Crippen molar-refractivity contribution in [2.75, 3.05) is 13.7 Å². The quantitative estimate of drug-likeness (QED) is 0.339. The van der Waals surface area contributed by atoms with Gasteiger partial charge in [-0.05, 0) is 59.4 Å². The lowest BCUT2D eigenvalue weighted by Crippen LogP contribution is -2.32. The van der Waals surface area contributed by atoms with Crippen molar-refractivity contribution in [1.29, 1.82) is 0 Å². The number of hydrogen-bond donors (Lipinski definition) is 1. The molecule has 1 aliphatic rings. The molecule has 7 heteroatoms. The Hall–Kier alpha value is -3.71. The van der Waals surface area contributed by atoms with Crippen molar-refractivity contribution in [1.82, 2.24) is 19.8 Å². The first-order chi connectivity index (χ1) is 16.2. The van der Waals surface area contributed by atoms with Crippen molar-refractivity contribution >= 4 is 34.1 Å². The standard InChI is InChI=1S/C26H24N4O2S/c1-32-23(31)13-16-30-25(24(28-26(30)33)21-9-4-5-14-27-21)22-10-6-15-29(22)20-12-11-18-7-2-3-8-19(18)17-20/h2-12,14-15,17,24-25H,13,16H2,1H3,(H,28,33)/t24-,25-/m0/s1. The van der Waals surface area contributed by atoms with E-state index in [0.717, 1.165) is 17.1 Å². The minimum absolute atomic E-state index is 0.140. The van der Waals surface area contributed by atoms with E-state index >= 15 is 0 Å². The molecule has 33 heavy (non-hydrogen) atoms. The number of pyridine rings is 1. The van der Waals surface area contributed by atoms with E-state index in [1.807, 2.05) is 36.4 Å². The van der Waals surface area contributed by atoms with Crippen LogP contribution < -0.4 is 5.32 Å². The summed E-state index contributed by atoms with van der Waals surface area (Å²) >= 11 is 5.71. The number of nitrogens with zero attached hydrogens (tertiary/aromatic N) is 3. The molecule has 1 aliphatic heterocycles. The topological polar surface area (TPSA) is 59.4 Å². The first-order valence-electron chi connectivity index (χ1n) is 10.9. The van der Waals surface area contributed by atoms with Crippen LogP contribution in [0.3, 0.4) is 0 Å². The van der Waals surface area contributed by atoms with Crippen molar-refractivity contribution < 1.29 is 9.53 Å². The van der Waals surface area contributed by atoms with Crippen LogP contribution in [0.5, 0.6) is 0 Å². The van der Waals surface area contributed by atoms with E-state index in [1.165, 1.54) is 17.9 Å². The van der Waals surface area contributed by atoms with Crippen molar-refractivity contribution in [2.45, 2.75) is 18.5 Å². The Kier molecular flexibility index (Phi) is 5.79. The van der Waals surface area contributed by atoms with Gasteiger partial charge in [-0.15, -0.1) is 0 Å². The largest absolute Gasteiger partial charge is 0.469 e. The molecule has 0 unspecified atom stereocenters. The van der Waals surface area contributed by atoms with E-state index in [9.17, 15) is 4.79 Å². The molecule has 0 radical (unpaired) electrons. The highest BCUT2D eigenvalue weighted by Crippen LogP contribution is 2.39. The van der Waals surface area contributed by atoms with Gasteiger partial charge in [-0.2, -0.15) is 0 Å². The molecule has 3 heterocycles. The summed E-state index contributed by atoms with van der Waals surface area (Å²) in [5.41, 5.74) is 3.04. The summed E-state index contributed by atoms with van der Waals surface area (Å²) in [6.45, 7) is 0.454. The Morgan fingerprint density at radius 2 is 1.88 bits per heavy atom. The normalized spacial score (nSPS) is 17.8. The van der Waals surface area contributed by atoms with Crippen LogP contribution in [0, 0.1) is 0 Å². The lowest BCUT2D eigenvalue weighted by molar-refractivity contribution is -0.140. The molecular formula is C26H24N4O2S. The minimum atomic E-state index is -0.261. The lowest BCUT2D eigenvalue weighted by atomic mass is 10.0. The summed E-state index contributed by atoms with van der Waals surface area (Å²) in [4.78, 5) is 18.6. The van der Waals surface area contributed by atoms with Crippen LogP contribution in [0.25, 0.3) is 16.5 Å². The Balaban J connectivity index is 1.58. The number of nitrogens with one attached hydrogen (secondary N) is 1. The molecule has 2 aromatic heterocycles. The van der Waals surface area contributed by atoms with Gasteiger partial charge in [0.1, 0.15) is 0 Å². The van der Waals surface area contributed by atoms with Crippen molar-refractivity contribution in [3.8, 4) is 5.69 Å². The lowest BCUT2D eigenvalue weighted by Gasteiger charge is -2.28. The highest BCUT2D eigenvalue weighted by molar-refractivity contribution is 7.80. The third-order valence-electron chi connectivity index (χ3n) is 6.08. The summed E-state index contributed by atoms with van der Waals surface area (Å²) in [6.07, 6.45) is 4.10. The molecule has 5 rings (SSSR count). The molecule has 1 saturated heterocycles. The first-order valence-corrected chi connectivity index (χ1v) is 11.3. The van der Waals surface area contributed by atoms with Crippen LogP contribution >= 0.6 is 12.2 Å². The fourth-order valence-corrected chi connectivity index (χ4v) is 4.81. The molecular weight excluding hydrogens is 432 g/mol. The summed E-state index contributed by atoms with van der Waals surface area (Å²) in [5.74, 6) is -0.261. The molecule has 0 aliphatic carbocycles. The van der Waals surface area contributed by atoms with Crippen molar-refractivity contribution in [3.63, 3.8) is 0 Å². The van der Waals surface area contributed by atoms with E-state index in [4.69, 9.17) is 17.0 Å². The van der Waals surface area contributed by atoms with E-state index in [-0.39, 0.29) is 24.5 Å². The number of aromatic nitrogens is 2. The van der Waals surface area contributed by atoms with Gasteiger partial charge in [0.2, 0.25) is 0 Å². The molecule has 0 bridgehead atoms. The maximum Gasteiger partial charge on any atom is 0.307 e. The molecule has 2 aromatic carbocycles. The second-order valence-electron chi connectivity index (χ2n) is 7.98. The second kappa shape index (κ2) is 9.03. The maximum absolute atomic E-state index is 11.9. The van der Waals surface area contributed by atoms with Gasteiger partial charge in [-0.25, -0.2) is 0 Å². The zero-order valence-corrected chi connectivity index (χ0v) is 19.0. The third-order valence-corrected chi connectivity index (χ3v) is 6.43.